The highest BCUT2D eigenvalue weighted by Crippen LogP contribution is 2.56. The molecule has 2 aliphatic carbocycles. The lowest BCUT2D eigenvalue weighted by Gasteiger charge is -2.37. The van der Waals surface area contributed by atoms with Gasteiger partial charge in [-0.1, -0.05) is 60.7 Å². The number of carbonyl (C=O) groups excluding carboxylic acids is 1. The molecular formula is C21H22O. The standard InChI is InChI=1S/C21H22O/c22-20-18-11-12-19(13-18)21(20,14-16-7-3-1-4-8-16)15-17-9-5-2-6-10-17/h1-10,18-19H,11-15H2/t18-,19-/m1/s1. The molecule has 2 aromatic rings. The summed E-state index contributed by atoms with van der Waals surface area (Å²) < 4.78 is 0. The van der Waals surface area contributed by atoms with E-state index in [0.29, 0.717) is 17.6 Å². The Morgan fingerprint density at radius 1 is 0.818 bits per heavy atom. The maximum absolute atomic E-state index is 13.1. The summed E-state index contributed by atoms with van der Waals surface area (Å²) in [6, 6.07) is 21.1. The molecule has 2 atom stereocenters. The van der Waals surface area contributed by atoms with Gasteiger partial charge in [-0.25, -0.2) is 0 Å². The van der Waals surface area contributed by atoms with Crippen molar-refractivity contribution in [1.82, 2.24) is 0 Å². The molecule has 0 aliphatic heterocycles. The van der Waals surface area contributed by atoms with Gasteiger partial charge in [0, 0.05) is 11.3 Å². The number of benzene rings is 2. The predicted molar refractivity (Wildman–Crippen MR) is 88.6 cm³/mol. The molecule has 1 heteroatoms. The Morgan fingerprint density at radius 2 is 1.36 bits per heavy atom. The summed E-state index contributed by atoms with van der Waals surface area (Å²) in [6.45, 7) is 0. The number of rotatable bonds is 4. The summed E-state index contributed by atoms with van der Waals surface area (Å²) >= 11 is 0. The van der Waals surface area contributed by atoms with Gasteiger partial charge in [0.15, 0.2) is 0 Å². The minimum absolute atomic E-state index is 0.161. The third-order valence-corrected chi connectivity index (χ3v) is 5.80. The number of hydrogen-bond donors (Lipinski definition) is 0. The summed E-state index contributed by atoms with van der Waals surface area (Å²) in [4.78, 5) is 13.1. The molecule has 2 bridgehead atoms. The summed E-state index contributed by atoms with van der Waals surface area (Å²) in [5.41, 5.74) is 2.45. The summed E-state index contributed by atoms with van der Waals surface area (Å²) in [7, 11) is 0. The van der Waals surface area contributed by atoms with Crippen LogP contribution in [0.3, 0.4) is 0 Å². The minimum Gasteiger partial charge on any atom is -0.299 e. The zero-order valence-electron chi connectivity index (χ0n) is 12.9. The van der Waals surface area contributed by atoms with Crippen LogP contribution in [-0.4, -0.2) is 5.78 Å². The van der Waals surface area contributed by atoms with Gasteiger partial charge in [0.1, 0.15) is 5.78 Å². The van der Waals surface area contributed by atoms with E-state index in [2.05, 4.69) is 60.7 Å². The highest BCUT2D eigenvalue weighted by atomic mass is 16.1. The van der Waals surface area contributed by atoms with E-state index in [-0.39, 0.29) is 5.41 Å². The molecule has 0 amide bonds. The van der Waals surface area contributed by atoms with E-state index >= 15 is 0 Å². The topological polar surface area (TPSA) is 17.1 Å². The molecule has 0 saturated heterocycles. The maximum atomic E-state index is 13.1. The number of Topliss-reactive ketones (excluding diaryl/α,β-unsaturated/α-hetero) is 1. The van der Waals surface area contributed by atoms with Crippen LogP contribution in [0.15, 0.2) is 60.7 Å². The second kappa shape index (κ2) is 5.39. The van der Waals surface area contributed by atoms with Gasteiger partial charge in [-0.05, 0) is 49.1 Å². The van der Waals surface area contributed by atoms with E-state index < -0.39 is 0 Å². The fourth-order valence-electron chi connectivity index (χ4n) is 4.77. The fourth-order valence-corrected chi connectivity index (χ4v) is 4.77. The van der Waals surface area contributed by atoms with E-state index in [0.717, 1.165) is 25.7 Å². The first kappa shape index (κ1) is 13.8. The summed E-state index contributed by atoms with van der Waals surface area (Å²) in [5.74, 6) is 1.44. The molecule has 2 fully saturated rings. The molecule has 1 nitrogen and oxygen atoms in total. The molecule has 0 radical (unpaired) electrons. The molecule has 0 N–H and O–H groups in total. The maximum Gasteiger partial charge on any atom is 0.143 e. The van der Waals surface area contributed by atoms with Crippen molar-refractivity contribution in [1.29, 1.82) is 0 Å². The number of fused-ring (bicyclic) bond motifs is 2. The van der Waals surface area contributed by atoms with Crippen molar-refractivity contribution >= 4 is 5.78 Å². The third-order valence-electron chi connectivity index (χ3n) is 5.80. The summed E-state index contributed by atoms with van der Waals surface area (Å²) in [6.07, 6.45) is 5.29. The molecule has 0 unspecified atom stereocenters. The van der Waals surface area contributed by atoms with Crippen molar-refractivity contribution in [2.24, 2.45) is 17.3 Å². The molecule has 0 heterocycles. The quantitative estimate of drug-likeness (QED) is 0.812. The van der Waals surface area contributed by atoms with Gasteiger partial charge < -0.3 is 0 Å². The highest BCUT2D eigenvalue weighted by Gasteiger charge is 2.57. The second-order valence-corrected chi connectivity index (χ2v) is 7.05. The van der Waals surface area contributed by atoms with E-state index in [1.807, 2.05) is 0 Å². The monoisotopic (exact) mass is 290 g/mol. The van der Waals surface area contributed by atoms with Crippen molar-refractivity contribution in [3.63, 3.8) is 0 Å². The SMILES string of the molecule is O=C1[C@@H]2CC[C@H](C2)C1(Cc1ccccc1)Cc1ccccc1. The van der Waals surface area contributed by atoms with Crippen LogP contribution < -0.4 is 0 Å². The molecule has 0 spiro atoms. The molecule has 4 rings (SSSR count). The van der Waals surface area contributed by atoms with Crippen molar-refractivity contribution in [2.75, 3.05) is 0 Å². The van der Waals surface area contributed by atoms with Crippen LogP contribution in [0.4, 0.5) is 0 Å². The predicted octanol–water partition coefficient (Wildman–Crippen LogP) is 4.46. The highest BCUT2D eigenvalue weighted by molar-refractivity contribution is 5.91. The molecule has 2 aliphatic rings. The lowest BCUT2D eigenvalue weighted by atomic mass is 9.65. The number of ketones is 1. The Morgan fingerprint density at radius 3 is 1.82 bits per heavy atom. The molecule has 112 valence electrons. The molecule has 2 saturated carbocycles. The van der Waals surface area contributed by atoms with Gasteiger partial charge in [-0.3, -0.25) is 4.79 Å². The fraction of sp³-hybridized carbons (Fsp3) is 0.381. The first-order valence-electron chi connectivity index (χ1n) is 8.40. The molecule has 2 aromatic carbocycles. The van der Waals surface area contributed by atoms with Crippen LogP contribution in [0.2, 0.25) is 0 Å². The second-order valence-electron chi connectivity index (χ2n) is 7.05. The van der Waals surface area contributed by atoms with Gasteiger partial charge in [0.25, 0.3) is 0 Å². The average Bonchev–Trinajstić information content (AvgIpc) is 3.13. The molecule has 0 aromatic heterocycles. The van der Waals surface area contributed by atoms with Crippen LogP contribution in [0, 0.1) is 17.3 Å². The Kier molecular flexibility index (Phi) is 3.37. The first-order chi connectivity index (χ1) is 10.8. The lowest BCUT2D eigenvalue weighted by molar-refractivity contribution is -0.132. The van der Waals surface area contributed by atoms with E-state index in [1.54, 1.807) is 0 Å². The molecule has 22 heavy (non-hydrogen) atoms. The lowest BCUT2D eigenvalue weighted by Crippen LogP contribution is -2.41. The van der Waals surface area contributed by atoms with Gasteiger partial charge in [0.05, 0.1) is 0 Å². The van der Waals surface area contributed by atoms with Crippen molar-refractivity contribution in [2.45, 2.75) is 32.1 Å². The number of hydrogen-bond acceptors (Lipinski definition) is 1. The van der Waals surface area contributed by atoms with Crippen LogP contribution in [-0.2, 0) is 17.6 Å². The minimum atomic E-state index is -0.161. The smallest absolute Gasteiger partial charge is 0.143 e. The van der Waals surface area contributed by atoms with Gasteiger partial charge in [-0.15, -0.1) is 0 Å². The molecular weight excluding hydrogens is 268 g/mol. The first-order valence-corrected chi connectivity index (χ1v) is 8.40. The Hall–Kier alpha value is -1.89. The summed E-state index contributed by atoms with van der Waals surface area (Å²) in [5, 5.41) is 0. The van der Waals surface area contributed by atoms with Crippen LogP contribution in [0.5, 0.6) is 0 Å². The Bertz CT molecular complexity index is 617. The van der Waals surface area contributed by atoms with Crippen molar-refractivity contribution in [3.8, 4) is 0 Å². The normalized spacial score (nSPS) is 25.5. The van der Waals surface area contributed by atoms with Gasteiger partial charge in [0.2, 0.25) is 0 Å². The van der Waals surface area contributed by atoms with E-state index in [9.17, 15) is 4.79 Å². The Labute approximate surface area is 132 Å². The van der Waals surface area contributed by atoms with Crippen molar-refractivity contribution < 1.29 is 4.79 Å². The number of carbonyl (C=O) groups is 1. The zero-order valence-corrected chi connectivity index (χ0v) is 12.9. The van der Waals surface area contributed by atoms with Gasteiger partial charge in [-0.2, -0.15) is 0 Å². The van der Waals surface area contributed by atoms with Crippen LogP contribution >= 0.6 is 0 Å². The Balaban J connectivity index is 1.70. The zero-order chi connectivity index (χ0) is 15.0. The van der Waals surface area contributed by atoms with E-state index in [1.165, 1.54) is 17.5 Å². The van der Waals surface area contributed by atoms with Crippen LogP contribution in [0.25, 0.3) is 0 Å². The average molecular weight is 290 g/mol. The largest absolute Gasteiger partial charge is 0.299 e. The van der Waals surface area contributed by atoms with Crippen LogP contribution in [0.1, 0.15) is 30.4 Å². The van der Waals surface area contributed by atoms with Crippen molar-refractivity contribution in [3.05, 3.63) is 71.8 Å². The van der Waals surface area contributed by atoms with E-state index in [4.69, 9.17) is 0 Å². The van der Waals surface area contributed by atoms with Gasteiger partial charge >= 0.3 is 0 Å². The third kappa shape index (κ3) is 2.20.